The Morgan fingerprint density at radius 2 is 1.77 bits per heavy atom. The van der Waals surface area contributed by atoms with Crippen LogP contribution in [0.2, 0.25) is 0 Å². The minimum atomic E-state index is -0.261. The summed E-state index contributed by atoms with van der Waals surface area (Å²) >= 11 is 0. The van der Waals surface area contributed by atoms with Crippen LogP contribution in [0.5, 0.6) is 17.4 Å². The van der Waals surface area contributed by atoms with E-state index in [2.05, 4.69) is 57.9 Å². The zero-order valence-electron chi connectivity index (χ0n) is 23.4. The van der Waals surface area contributed by atoms with E-state index in [0.717, 1.165) is 42.8 Å². The Morgan fingerprint density at radius 3 is 2.49 bits per heavy atom. The van der Waals surface area contributed by atoms with Crippen molar-refractivity contribution >= 4 is 28.4 Å². The predicted octanol–water partition coefficient (Wildman–Crippen LogP) is 4.47. The van der Waals surface area contributed by atoms with E-state index in [1.54, 1.807) is 25.6 Å². The molecule has 10 nitrogen and oxygen atoms in total. The summed E-state index contributed by atoms with van der Waals surface area (Å²) in [6.45, 7) is 9.88. The minimum absolute atomic E-state index is 0.178. The van der Waals surface area contributed by atoms with Crippen molar-refractivity contribution in [3.8, 4) is 17.4 Å². The molecule has 0 aliphatic carbocycles. The topological polar surface area (TPSA) is 97.6 Å². The van der Waals surface area contributed by atoms with Crippen LogP contribution in [0.4, 0.5) is 11.6 Å². The largest absolute Gasteiger partial charge is 0.493 e. The summed E-state index contributed by atoms with van der Waals surface area (Å²) in [6.07, 6.45) is 3.36. The van der Waals surface area contributed by atoms with E-state index < -0.39 is 0 Å². The summed E-state index contributed by atoms with van der Waals surface area (Å²) in [7, 11) is 5.53. The molecular formula is C29H35N7O3. The Balaban J connectivity index is 1.42. The Labute approximate surface area is 228 Å². The lowest BCUT2D eigenvalue weighted by Gasteiger charge is -2.32. The summed E-state index contributed by atoms with van der Waals surface area (Å²) in [5.74, 6) is 1.95. The number of carbonyl (C=O) groups excluding carboxylic acids is 1. The highest BCUT2D eigenvalue weighted by molar-refractivity contribution is 6.07. The van der Waals surface area contributed by atoms with Crippen LogP contribution < -0.4 is 19.7 Å². The summed E-state index contributed by atoms with van der Waals surface area (Å²) < 4.78 is 13.6. The summed E-state index contributed by atoms with van der Waals surface area (Å²) in [6, 6.07) is 11.2. The molecule has 1 aliphatic heterocycles. The molecule has 0 unspecified atom stereocenters. The van der Waals surface area contributed by atoms with Gasteiger partial charge in [0.15, 0.2) is 11.5 Å². The molecule has 0 spiro atoms. The Morgan fingerprint density at radius 1 is 1.00 bits per heavy atom. The van der Waals surface area contributed by atoms with Crippen molar-refractivity contribution in [1.82, 2.24) is 24.4 Å². The number of carbonyl (C=O) groups is 1. The fourth-order valence-electron chi connectivity index (χ4n) is 4.64. The summed E-state index contributed by atoms with van der Waals surface area (Å²) in [5, 5.41) is 3.89. The van der Waals surface area contributed by atoms with Gasteiger partial charge >= 0.3 is 0 Å². The molecule has 1 amide bonds. The van der Waals surface area contributed by atoms with Crippen LogP contribution in [-0.2, 0) is 12.5 Å². The maximum atomic E-state index is 13.5. The molecule has 3 aromatic heterocycles. The van der Waals surface area contributed by atoms with Gasteiger partial charge in [-0.3, -0.25) is 9.78 Å². The molecule has 0 saturated carbocycles. The zero-order chi connectivity index (χ0) is 27.7. The molecule has 39 heavy (non-hydrogen) atoms. The van der Waals surface area contributed by atoms with E-state index in [0.29, 0.717) is 34.7 Å². The molecule has 0 atom stereocenters. The molecule has 5 rings (SSSR count). The fourth-order valence-corrected chi connectivity index (χ4v) is 4.64. The number of hydrogen-bond acceptors (Lipinski definition) is 8. The number of anilines is 2. The first kappa shape index (κ1) is 26.4. The van der Waals surface area contributed by atoms with Gasteiger partial charge in [-0.25, -0.2) is 4.98 Å². The van der Waals surface area contributed by atoms with Gasteiger partial charge in [0, 0.05) is 62.0 Å². The lowest BCUT2D eigenvalue weighted by molar-refractivity contribution is 0.101. The van der Waals surface area contributed by atoms with E-state index >= 15 is 0 Å². The SMILES string of the molecule is COc1cnc(C(C)(C)C)cc1NC(=O)c1cc2cccc(Oc3ccnc(N4CCN(C)CC4)n3)c2n1C. The van der Waals surface area contributed by atoms with Crippen molar-refractivity contribution in [1.29, 1.82) is 0 Å². The molecule has 4 heterocycles. The quantitative estimate of drug-likeness (QED) is 0.391. The van der Waals surface area contributed by atoms with Gasteiger partial charge in [-0.15, -0.1) is 0 Å². The first-order valence-electron chi connectivity index (χ1n) is 13.0. The van der Waals surface area contributed by atoms with Crippen LogP contribution in [-0.4, -0.2) is 70.7 Å². The number of aryl methyl sites for hydroxylation is 1. The molecule has 1 saturated heterocycles. The van der Waals surface area contributed by atoms with Crippen LogP contribution in [0.25, 0.3) is 10.9 Å². The first-order valence-corrected chi connectivity index (χ1v) is 13.0. The zero-order valence-corrected chi connectivity index (χ0v) is 23.4. The Kier molecular flexibility index (Phi) is 7.14. The highest BCUT2D eigenvalue weighted by Crippen LogP contribution is 2.33. The number of benzene rings is 1. The number of fused-ring (bicyclic) bond motifs is 1. The van der Waals surface area contributed by atoms with E-state index in [1.165, 1.54) is 0 Å². The predicted molar refractivity (Wildman–Crippen MR) is 152 cm³/mol. The number of pyridine rings is 1. The number of amides is 1. The van der Waals surface area contributed by atoms with Gasteiger partial charge in [-0.1, -0.05) is 32.9 Å². The number of rotatable bonds is 6. The van der Waals surface area contributed by atoms with Crippen LogP contribution in [0, 0.1) is 0 Å². The molecule has 0 bridgehead atoms. The third-order valence-corrected chi connectivity index (χ3v) is 6.97. The number of aromatic nitrogens is 4. The monoisotopic (exact) mass is 529 g/mol. The number of nitrogens with one attached hydrogen (secondary N) is 1. The summed E-state index contributed by atoms with van der Waals surface area (Å²) in [5.41, 5.74) is 2.52. The highest BCUT2D eigenvalue weighted by Gasteiger charge is 2.22. The van der Waals surface area contributed by atoms with Crippen molar-refractivity contribution in [2.24, 2.45) is 7.05 Å². The van der Waals surface area contributed by atoms with Crippen molar-refractivity contribution in [3.63, 3.8) is 0 Å². The Bertz CT molecular complexity index is 1500. The number of piperazine rings is 1. The molecule has 204 valence electrons. The molecule has 4 aromatic rings. The lowest BCUT2D eigenvalue weighted by Crippen LogP contribution is -2.45. The molecule has 0 radical (unpaired) electrons. The van der Waals surface area contributed by atoms with Crippen molar-refractivity contribution in [3.05, 3.63) is 60.2 Å². The van der Waals surface area contributed by atoms with Gasteiger partial charge < -0.3 is 29.2 Å². The van der Waals surface area contributed by atoms with E-state index in [4.69, 9.17) is 9.47 Å². The van der Waals surface area contributed by atoms with Crippen LogP contribution in [0.1, 0.15) is 37.0 Å². The second-order valence-corrected chi connectivity index (χ2v) is 10.8. The average molecular weight is 530 g/mol. The van der Waals surface area contributed by atoms with Crippen LogP contribution >= 0.6 is 0 Å². The lowest BCUT2D eigenvalue weighted by atomic mass is 9.91. The van der Waals surface area contributed by atoms with Crippen LogP contribution in [0.15, 0.2) is 48.8 Å². The number of likely N-dealkylation sites (N-methyl/N-ethyl adjacent to an activating group) is 1. The maximum Gasteiger partial charge on any atom is 0.272 e. The van der Waals surface area contributed by atoms with Gasteiger partial charge in [0.2, 0.25) is 11.8 Å². The third kappa shape index (κ3) is 5.51. The van der Waals surface area contributed by atoms with Gasteiger partial charge in [0.1, 0.15) is 5.69 Å². The fraction of sp³-hybridized carbons (Fsp3) is 0.379. The number of ether oxygens (including phenoxy) is 2. The molecular weight excluding hydrogens is 494 g/mol. The van der Waals surface area contributed by atoms with Gasteiger partial charge in [-0.2, -0.15) is 4.98 Å². The number of nitrogens with zero attached hydrogens (tertiary/aromatic N) is 6. The standard InChI is InChI=1S/C29H35N7O3/c1-29(2,3)24-17-20(23(38-6)18-31-24)32-27(37)21-16-19-8-7-9-22(26(19)35(21)5)39-25-10-11-30-28(33-25)36-14-12-34(4)13-15-36/h7-11,16-18H,12-15H2,1-6H3,(H,31,32,37). The van der Waals surface area contributed by atoms with Crippen molar-refractivity contribution < 1.29 is 14.3 Å². The van der Waals surface area contributed by atoms with Gasteiger partial charge in [0.05, 0.1) is 24.5 Å². The molecule has 1 N–H and O–H groups in total. The molecule has 10 heteroatoms. The third-order valence-electron chi connectivity index (χ3n) is 6.97. The molecule has 1 aliphatic rings. The van der Waals surface area contributed by atoms with E-state index in [9.17, 15) is 4.79 Å². The van der Waals surface area contributed by atoms with Crippen molar-refractivity contribution in [2.45, 2.75) is 26.2 Å². The van der Waals surface area contributed by atoms with Crippen molar-refractivity contribution in [2.75, 3.05) is 50.6 Å². The second-order valence-electron chi connectivity index (χ2n) is 10.8. The number of methoxy groups -OCH3 is 1. The maximum absolute atomic E-state index is 13.5. The average Bonchev–Trinajstić information content (AvgIpc) is 3.26. The second kappa shape index (κ2) is 10.5. The van der Waals surface area contributed by atoms with E-state index in [1.807, 2.05) is 41.9 Å². The first-order chi connectivity index (χ1) is 18.6. The van der Waals surface area contributed by atoms with Gasteiger partial charge in [-0.05, 0) is 25.2 Å². The van der Waals surface area contributed by atoms with Crippen LogP contribution in [0.3, 0.4) is 0 Å². The number of hydrogen-bond donors (Lipinski definition) is 1. The summed E-state index contributed by atoms with van der Waals surface area (Å²) in [4.78, 5) is 31.5. The highest BCUT2D eigenvalue weighted by atomic mass is 16.5. The smallest absolute Gasteiger partial charge is 0.272 e. The normalized spacial score (nSPS) is 14.5. The Hall–Kier alpha value is -4.18. The molecule has 1 aromatic carbocycles. The van der Waals surface area contributed by atoms with E-state index in [-0.39, 0.29) is 11.3 Å². The van der Waals surface area contributed by atoms with Gasteiger partial charge in [0.25, 0.3) is 5.91 Å². The minimum Gasteiger partial charge on any atom is -0.493 e. The number of para-hydroxylation sites is 1. The molecule has 1 fully saturated rings.